The van der Waals surface area contributed by atoms with Gasteiger partial charge in [0, 0.05) is 66.8 Å². The maximum Gasteiger partial charge on any atom is 0.407 e. The van der Waals surface area contributed by atoms with Crippen LogP contribution in [0.5, 0.6) is 0 Å². The molecule has 0 radical (unpaired) electrons. The molecule has 1 N–H and O–H groups in total. The average molecular weight is 547 g/mol. The van der Waals surface area contributed by atoms with Crippen LogP contribution in [0.3, 0.4) is 0 Å². The average Bonchev–Trinajstić information content (AvgIpc) is 2.94. The Labute approximate surface area is 233 Å². The number of hydrogen-bond donors (Lipinski definition) is 1. The molecule has 3 aromatic rings. The minimum atomic E-state index is -0.895. The van der Waals surface area contributed by atoms with Gasteiger partial charge in [0.15, 0.2) is 0 Å². The van der Waals surface area contributed by atoms with E-state index in [-0.39, 0.29) is 23.9 Å². The Morgan fingerprint density at radius 2 is 1.54 bits per heavy atom. The smallest absolute Gasteiger partial charge is 0.407 e. The van der Waals surface area contributed by atoms with Crippen molar-refractivity contribution in [1.29, 1.82) is 0 Å². The van der Waals surface area contributed by atoms with Crippen LogP contribution in [0.25, 0.3) is 0 Å². The van der Waals surface area contributed by atoms with E-state index in [9.17, 15) is 19.5 Å². The molecule has 3 aromatic carbocycles. The molecule has 2 aliphatic rings. The largest absolute Gasteiger partial charge is 0.465 e. The van der Waals surface area contributed by atoms with Gasteiger partial charge in [-0.25, -0.2) is 4.79 Å². The lowest BCUT2D eigenvalue weighted by Crippen LogP contribution is -2.48. The predicted octanol–water partition coefficient (Wildman–Crippen LogP) is 5.67. The summed E-state index contributed by atoms with van der Waals surface area (Å²) < 4.78 is 0. The second-order valence-electron chi connectivity index (χ2n) is 10.0. The highest BCUT2D eigenvalue weighted by Gasteiger charge is 2.38. The molecule has 1 fully saturated rings. The van der Waals surface area contributed by atoms with Gasteiger partial charge in [0.2, 0.25) is 5.91 Å². The maximum absolute atomic E-state index is 13.8. The molecule has 39 heavy (non-hydrogen) atoms. The number of benzene rings is 3. The van der Waals surface area contributed by atoms with Crippen molar-refractivity contribution in [2.45, 2.75) is 32.4 Å². The summed E-state index contributed by atoms with van der Waals surface area (Å²) in [5.74, 6) is -0.180. The number of hydrogen-bond acceptors (Lipinski definition) is 4. The van der Waals surface area contributed by atoms with E-state index in [0.717, 1.165) is 22.6 Å². The molecule has 0 saturated carbocycles. The van der Waals surface area contributed by atoms with Crippen LogP contribution < -0.4 is 14.7 Å². The normalized spacial score (nSPS) is 18.9. The second kappa shape index (κ2) is 11.0. The van der Waals surface area contributed by atoms with E-state index in [0.29, 0.717) is 43.2 Å². The number of amides is 3. The number of piperazine rings is 1. The highest BCUT2D eigenvalue weighted by molar-refractivity contribution is 6.30. The Balaban J connectivity index is 1.40. The Hall–Kier alpha value is -4.04. The number of carbonyl (C=O) groups is 3. The fourth-order valence-electron chi connectivity index (χ4n) is 5.63. The summed E-state index contributed by atoms with van der Waals surface area (Å²) in [6.07, 6.45) is -0.315. The van der Waals surface area contributed by atoms with Crippen molar-refractivity contribution in [3.63, 3.8) is 0 Å². The summed E-state index contributed by atoms with van der Waals surface area (Å²) in [5.41, 5.74) is 4.01. The van der Waals surface area contributed by atoms with Crippen LogP contribution in [-0.4, -0.2) is 60.1 Å². The lowest BCUT2D eigenvalue weighted by Gasteiger charge is -2.43. The summed E-state index contributed by atoms with van der Waals surface area (Å²) in [6.45, 7) is 5.69. The van der Waals surface area contributed by atoms with E-state index < -0.39 is 6.09 Å². The highest BCUT2D eigenvalue weighted by Crippen LogP contribution is 2.43. The van der Waals surface area contributed by atoms with Crippen LogP contribution in [0.1, 0.15) is 42.2 Å². The van der Waals surface area contributed by atoms with Crippen LogP contribution in [0.15, 0.2) is 72.8 Å². The minimum Gasteiger partial charge on any atom is -0.465 e. The van der Waals surface area contributed by atoms with Crippen molar-refractivity contribution in [2.24, 2.45) is 0 Å². The van der Waals surface area contributed by atoms with Gasteiger partial charge >= 0.3 is 6.09 Å². The highest BCUT2D eigenvalue weighted by atomic mass is 35.5. The third-order valence-electron chi connectivity index (χ3n) is 7.56. The van der Waals surface area contributed by atoms with Gasteiger partial charge in [-0.05, 0) is 73.5 Å². The van der Waals surface area contributed by atoms with E-state index >= 15 is 0 Å². The lowest BCUT2D eigenvalue weighted by molar-refractivity contribution is -0.117. The number of halogens is 1. The van der Waals surface area contributed by atoms with Gasteiger partial charge in [-0.3, -0.25) is 9.59 Å². The topological polar surface area (TPSA) is 84.4 Å². The summed E-state index contributed by atoms with van der Waals surface area (Å²) in [4.78, 5) is 45.1. The first kappa shape index (κ1) is 26.6. The Kier molecular flexibility index (Phi) is 7.48. The van der Waals surface area contributed by atoms with E-state index in [1.807, 2.05) is 72.5 Å². The number of nitrogens with zero attached hydrogens (tertiary/aromatic N) is 4. The molecule has 2 aliphatic heterocycles. The SMILES string of the molecule is CC(=O)N(c1ccc(Cl)cc1)[C@@H]1C[C@H](C)N(C(=O)c2ccc(N3CCN(C(=O)O)CC3)cc2)c2ccccc21. The van der Waals surface area contributed by atoms with Gasteiger partial charge in [0.25, 0.3) is 5.91 Å². The zero-order valence-electron chi connectivity index (χ0n) is 22.0. The van der Waals surface area contributed by atoms with Crippen LogP contribution in [-0.2, 0) is 4.79 Å². The number of rotatable bonds is 4. The molecule has 0 spiro atoms. The Morgan fingerprint density at radius 3 is 2.15 bits per heavy atom. The zero-order valence-corrected chi connectivity index (χ0v) is 22.7. The molecule has 8 nitrogen and oxygen atoms in total. The molecule has 2 atom stereocenters. The second-order valence-corrected chi connectivity index (χ2v) is 10.4. The fourth-order valence-corrected chi connectivity index (χ4v) is 5.75. The number of para-hydroxylation sites is 1. The molecule has 0 aromatic heterocycles. The molecular weight excluding hydrogens is 516 g/mol. The first-order valence-electron chi connectivity index (χ1n) is 13.1. The van der Waals surface area contributed by atoms with Gasteiger partial charge in [0.1, 0.15) is 0 Å². The van der Waals surface area contributed by atoms with E-state index in [1.165, 1.54) is 4.90 Å². The van der Waals surface area contributed by atoms with E-state index in [2.05, 4.69) is 4.90 Å². The number of anilines is 3. The summed E-state index contributed by atoms with van der Waals surface area (Å²) in [5, 5.41) is 9.79. The maximum atomic E-state index is 13.8. The van der Waals surface area contributed by atoms with Crippen molar-refractivity contribution < 1.29 is 19.5 Å². The van der Waals surface area contributed by atoms with E-state index in [4.69, 9.17) is 11.6 Å². The lowest BCUT2D eigenvalue weighted by atomic mass is 9.89. The number of carbonyl (C=O) groups excluding carboxylic acids is 2. The fraction of sp³-hybridized carbons (Fsp3) is 0.300. The van der Waals surface area contributed by atoms with Crippen molar-refractivity contribution in [3.05, 3.63) is 88.9 Å². The van der Waals surface area contributed by atoms with Gasteiger partial charge < -0.3 is 24.7 Å². The Morgan fingerprint density at radius 1 is 0.897 bits per heavy atom. The van der Waals surface area contributed by atoms with Crippen LogP contribution >= 0.6 is 11.6 Å². The summed E-state index contributed by atoms with van der Waals surface area (Å²) in [6, 6.07) is 22.1. The predicted molar refractivity (Wildman–Crippen MR) is 153 cm³/mol. The minimum absolute atomic E-state index is 0.0797. The first-order chi connectivity index (χ1) is 18.7. The van der Waals surface area contributed by atoms with Gasteiger partial charge in [0.05, 0.1) is 6.04 Å². The molecule has 0 unspecified atom stereocenters. The van der Waals surface area contributed by atoms with E-state index in [1.54, 1.807) is 24.0 Å². The van der Waals surface area contributed by atoms with Gasteiger partial charge in [-0.2, -0.15) is 0 Å². The zero-order chi connectivity index (χ0) is 27.7. The standard InChI is InChI=1S/C30H31ClN4O4/c1-20-19-28(35(21(2)36)25-13-9-23(31)10-14-25)26-5-3-4-6-27(26)34(20)29(37)22-7-11-24(12-8-22)32-15-17-33(18-16-32)30(38)39/h3-14,20,28H,15-19H2,1-2H3,(H,38,39)/t20-,28+/m0/s1. The summed E-state index contributed by atoms with van der Waals surface area (Å²) >= 11 is 6.10. The van der Waals surface area contributed by atoms with Gasteiger partial charge in [-0.1, -0.05) is 29.8 Å². The van der Waals surface area contributed by atoms with Crippen LogP contribution in [0, 0.1) is 0 Å². The van der Waals surface area contributed by atoms with Crippen LogP contribution in [0.2, 0.25) is 5.02 Å². The Bertz CT molecular complexity index is 1370. The molecule has 1 saturated heterocycles. The third kappa shape index (κ3) is 5.29. The molecule has 2 heterocycles. The summed E-state index contributed by atoms with van der Waals surface area (Å²) in [7, 11) is 0. The first-order valence-corrected chi connectivity index (χ1v) is 13.4. The molecule has 0 bridgehead atoms. The van der Waals surface area contributed by atoms with Crippen molar-refractivity contribution >= 4 is 46.6 Å². The van der Waals surface area contributed by atoms with Crippen molar-refractivity contribution in [1.82, 2.24) is 4.90 Å². The third-order valence-corrected chi connectivity index (χ3v) is 7.82. The monoisotopic (exact) mass is 546 g/mol. The number of carboxylic acid groups (broad SMARTS) is 1. The number of fused-ring (bicyclic) bond motifs is 1. The quantitative estimate of drug-likeness (QED) is 0.455. The van der Waals surface area contributed by atoms with Crippen molar-refractivity contribution in [2.75, 3.05) is 40.9 Å². The molecule has 9 heteroatoms. The van der Waals surface area contributed by atoms with Crippen molar-refractivity contribution in [3.8, 4) is 0 Å². The molecule has 0 aliphatic carbocycles. The molecular formula is C30H31ClN4O4. The van der Waals surface area contributed by atoms with Crippen LogP contribution in [0.4, 0.5) is 21.9 Å². The van der Waals surface area contributed by atoms with Gasteiger partial charge in [-0.15, -0.1) is 0 Å². The molecule has 202 valence electrons. The molecule has 3 amide bonds. The molecule has 5 rings (SSSR count).